The van der Waals surface area contributed by atoms with Crippen LogP contribution in [0.25, 0.3) is 0 Å². The molecule has 1 unspecified atom stereocenters. The summed E-state index contributed by atoms with van der Waals surface area (Å²) in [5.74, 6) is 1.73. The molecule has 2 rings (SSSR count). The van der Waals surface area contributed by atoms with Crippen molar-refractivity contribution in [3.8, 4) is 0 Å². The highest BCUT2D eigenvalue weighted by molar-refractivity contribution is 5.33. The van der Waals surface area contributed by atoms with Crippen molar-refractivity contribution in [2.24, 2.45) is 0 Å². The summed E-state index contributed by atoms with van der Waals surface area (Å²) in [5, 5.41) is 0. The maximum absolute atomic E-state index is 2.40. The van der Waals surface area contributed by atoms with Crippen LogP contribution in [0.5, 0.6) is 0 Å². The van der Waals surface area contributed by atoms with E-state index in [0.717, 1.165) is 6.42 Å². The van der Waals surface area contributed by atoms with Gasteiger partial charge in [-0.1, -0.05) is 97.0 Å². The van der Waals surface area contributed by atoms with Crippen LogP contribution < -0.4 is 0 Å². The standard InChI is InChI=1S/C24H34/c1-17(2)20-10-8-12-22(14-20)19(5)16-24(6,7)23-13-9-11-21(15-23)18(3)4/h8-15,17-19H,16H2,1-7H3. The van der Waals surface area contributed by atoms with Crippen molar-refractivity contribution in [2.45, 2.75) is 78.1 Å². The Bertz CT molecular complexity index is 661. The van der Waals surface area contributed by atoms with Gasteiger partial charge in [-0.05, 0) is 51.8 Å². The minimum atomic E-state index is 0.179. The van der Waals surface area contributed by atoms with E-state index in [9.17, 15) is 0 Å². The summed E-state index contributed by atoms with van der Waals surface area (Å²) in [4.78, 5) is 0. The highest BCUT2D eigenvalue weighted by atomic mass is 14.3. The SMILES string of the molecule is CC(C)c1cccc(C(C)CC(C)(C)c2cccc(C(C)C)c2)c1. The summed E-state index contributed by atoms with van der Waals surface area (Å²) in [6, 6.07) is 18.3. The summed E-state index contributed by atoms with van der Waals surface area (Å²) in [7, 11) is 0. The summed E-state index contributed by atoms with van der Waals surface area (Å²) >= 11 is 0. The van der Waals surface area contributed by atoms with Gasteiger partial charge in [0.25, 0.3) is 0 Å². The summed E-state index contributed by atoms with van der Waals surface area (Å²) in [5.41, 5.74) is 5.99. The topological polar surface area (TPSA) is 0 Å². The normalized spacial score (nSPS) is 13.5. The lowest BCUT2D eigenvalue weighted by atomic mass is 9.75. The maximum Gasteiger partial charge on any atom is -0.00977 e. The van der Waals surface area contributed by atoms with Gasteiger partial charge >= 0.3 is 0 Å². The number of rotatable bonds is 6. The van der Waals surface area contributed by atoms with Crippen molar-refractivity contribution >= 4 is 0 Å². The van der Waals surface area contributed by atoms with Crippen LogP contribution in [-0.2, 0) is 5.41 Å². The van der Waals surface area contributed by atoms with Gasteiger partial charge in [-0.3, -0.25) is 0 Å². The second kappa shape index (κ2) is 7.55. The molecule has 2 aromatic carbocycles. The molecule has 2 aromatic rings. The Morgan fingerprint density at radius 1 is 0.708 bits per heavy atom. The first-order valence-electron chi connectivity index (χ1n) is 9.41. The van der Waals surface area contributed by atoms with Crippen molar-refractivity contribution < 1.29 is 0 Å². The Labute approximate surface area is 149 Å². The maximum atomic E-state index is 2.40. The molecule has 0 aliphatic carbocycles. The van der Waals surface area contributed by atoms with E-state index in [1.807, 2.05) is 0 Å². The predicted molar refractivity (Wildman–Crippen MR) is 107 cm³/mol. The molecular weight excluding hydrogens is 288 g/mol. The molecule has 0 heteroatoms. The Morgan fingerprint density at radius 3 is 1.79 bits per heavy atom. The van der Waals surface area contributed by atoms with E-state index in [1.54, 1.807) is 0 Å². The van der Waals surface area contributed by atoms with Gasteiger partial charge in [0, 0.05) is 0 Å². The molecule has 0 N–H and O–H groups in total. The summed E-state index contributed by atoms with van der Waals surface area (Å²) < 4.78 is 0. The monoisotopic (exact) mass is 322 g/mol. The molecule has 0 saturated carbocycles. The molecule has 0 spiro atoms. The van der Waals surface area contributed by atoms with Crippen LogP contribution in [0.4, 0.5) is 0 Å². The third-order valence-electron chi connectivity index (χ3n) is 5.30. The quantitative estimate of drug-likeness (QED) is 0.519. The van der Waals surface area contributed by atoms with Crippen LogP contribution in [0.2, 0.25) is 0 Å². The molecule has 0 radical (unpaired) electrons. The lowest BCUT2D eigenvalue weighted by molar-refractivity contribution is 0.438. The first kappa shape index (κ1) is 18.8. The van der Waals surface area contributed by atoms with Gasteiger partial charge in [0.05, 0.1) is 0 Å². The van der Waals surface area contributed by atoms with Gasteiger partial charge in [0.15, 0.2) is 0 Å². The van der Waals surface area contributed by atoms with E-state index < -0.39 is 0 Å². The zero-order valence-corrected chi connectivity index (χ0v) is 16.6. The second-order valence-corrected chi connectivity index (χ2v) is 8.59. The van der Waals surface area contributed by atoms with Gasteiger partial charge in [0.1, 0.15) is 0 Å². The van der Waals surface area contributed by atoms with E-state index >= 15 is 0 Å². The highest BCUT2D eigenvalue weighted by Crippen LogP contribution is 2.36. The van der Waals surface area contributed by atoms with Gasteiger partial charge < -0.3 is 0 Å². The lowest BCUT2D eigenvalue weighted by Gasteiger charge is -2.30. The fraction of sp³-hybridized carbons (Fsp3) is 0.500. The van der Waals surface area contributed by atoms with Gasteiger partial charge in [-0.25, -0.2) is 0 Å². The molecule has 0 bridgehead atoms. The van der Waals surface area contributed by atoms with Crippen molar-refractivity contribution in [1.29, 1.82) is 0 Å². The third-order valence-corrected chi connectivity index (χ3v) is 5.30. The van der Waals surface area contributed by atoms with E-state index in [2.05, 4.69) is 97.0 Å². The van der Waals surface area contributed by atoms with Gasteiger partial charge in [-0.2, -0.15) is 0 Å². The van der Waals surface area contributed by atoms with Gasteiger partial charge in [0.2, 0.25) is 0 Å². The molecule has 0 aliphatic heterocycles. The molecule has 24 heavy (non-hydrogen) atoms. The molecule has 0 saturated heterocycles. The minimum Gasteiger partial charge on any atom is -0.0617 e. The minimum absolute atomic E-state index is 0.179. The van der Waals surface area contributed by atoms with Crippen LogP contribution in [-0.4, -0.2) is 0 Å². The van der Waals surface area contributed by atoms with E-state index in [1.165, 1.54) is 22.3 Å². The predicted octanol–water partition coefficient (Wildman–Crippen LogP) is 7.40. The number of benzene rings is 2. The summed E-state index contributed by atoms with van der Waals surface area (Å²) in [6.07, 6.45) is 1.16. The van der Waals surface area contributed by atoms with Crippen LogP contribution in [0.3, 0.4) is 0 Å². The van der Waals surface area contributed by atoms with Crippen LogP contribution in [0.1, 0.15) is 94.9 Å². The molecule has 0 aromatic heterocycles. The zero-order chi connectivity index (χ0) is 17.9. The molecule has 0 fully saturated rings. The molecule has 0 nitrogen and oxygen atoms in total. The van der Waals surface area contributed by atoms with E-state index in [0.29, 0.717) is 17.8 Å². The van der Waals surface area contributed by atoms with E-state index in [4.69, 9.17) is 0 Å². The molecule has 0 heterocycles. The van der Waals surface area contributed by atoms with Crippen LogP contribution in [0.15, 0.2) is 48.5 Å². The van der Waals surface area contributed by atoms with Crippen LogP contribution in [0, 0.1) is 0 Å². The average Bonchev–Trinajstić information content (AvgIpc) is 2.54. The second-order valence-electron chi connectivity index (χ2n) is 8.59. The van der Waals surface area contributed by atoms with Crippen molar-refractivity contribution in [3.05, 3.63) is 70.8 Å². The number of hydrogen-bond acceptors (Lipinski definition) is 0. The van der Waals surface area contributed by atoms with Gasteiger partial charge in [-0.15, -0.1) is 0 Å². The molecule has 0 aliphatic rings. The molecule has 130 valence electrons. The van der Waals surface area contributed by atoms with E-state index in [-0.39, 0.29) is 5.41 Å². The molecular formula is C24H34. The Kier molecular flexibility index (Phi) is 5.91. The first-order chi connectivity index (χ1) is 11.2. The van der Waals surface area contributed by atoms with Crippen molar-refractivity contribution in [3.63, 3.8) is 0 Å². The Hall–Kier alpha value is -1.56. The highest BCUT2D eigenvalue weighted by Gasteiger charge is 2.24. The van der Waals surface area contributed by atoms with Crippen molar-refractivity contribution in [1.82, 2.24) is 0 Å². The lowest BCUT2D eigenvalue weighted by Crippen LogP contribution is -2.20. The summed E-state index contributed by atoms with van der Waals surface area (Å²) in [6.45, 7) is 16.2. The first-order valence-corrected chi connectivity index (χ1v) is 9.41. The fourth-order valence-electron chi connectivity index (χ4n) is 3.54. The average molecular weight is 323 g/mol. The largest absolute Gasteiger partial charge is 0.0617 e. The molecule has 1 atom stereocenters. The zero-order valence-electron chi connectivity index (χ0n) is 16.6. The third kappa shape index (κ3) is 4.50. The van der Waals surface area contributed by atoms with Crippen LogP contribution >= 0.6 is 0 Å². The van der Waals surface area contributed by atoms with Crippen molar-refractivity contribution in [2.75, 3.05) is 0 Å². The Morgan fingerprint density at radius 2 is 1.21 bits per heavy atom. The number of hydrogen-bond donors (Lipinski definition) is 0. The smallest absolute Gasteiger partial charge is 0.00977 e. The Balaban J connectivity index is 2.22. The molecule has 0 amide bonds. The fourth-order valence-corrected chi connectivity index (χ4v) is 3.54.